The van der Waals surface area contributed by atoms with Gasteiger partial charge >= 0.3 is 5.97 Å². The van der Waals surface area contributed by atoms with E-state index in [1.165, 1.54) is 0 Å². The van der Waals surface area contributed by atoms with Crippen LogP contribution in [0.15, 0.2) is 42.7 Å². The molecule has 4 nitrogen and oxygen atoms in total. The van der Waals surface area contributed by atoms with Crippen molar-refractivity contribution in [1.29, 1.82) is 0 Å². The van der Waals surface area contributed by atoms with Crippen molar-refractivity contribution in [2.45, 2.75) is 13.3 Å². The Morgan fingerprint density at radius 2 is 2.18 bits per heavy atom. The van der Waals surface area contributed by atoms with E-state index in [9.17, 15) is 4.79 Å². The third-order valence-corrected chi connectivity index (χ3v) is 2.69. The van der Waals surface area contributed by atoms with Crippen LogP contribution in [0.4, 0.5) is 0 Å². The average molecular weight is 230 g/mol. The summed E-state index contributed by atoms with van der Waals surface area (Å²) in [6.45, 7) is 1.71. The molecule has 0 aliphatic heterocycles. The summed E-state index contributed by atoms with van der Waals surface area (Å²) in [5, 5.41) is 13.1. The highest BCUT2D eigenvalue weighted by Gasteiger charge is 2.14. The predicted molar refractivity (Wildman–Crippen MR) is 64.1 cm³/mol. The zero-order valence-electron chi connectivity index (χ0n) is 9.58. The standard InChI is InChI=1S/C13H14N2O2/c1-10(13(16)17)9-11-5-2-3-6-12(11)15-8-4-7-14-15/h2-8,10H,9H2,1H3,(H,16,17). The number of carboxylic acids is 1. The summed E-state index contributed by atoms with van der Waals surface area (Å²) in [6, 6.07) is 9.56. The molecule has 0 radical (unpaired) electrons. The van der Waals surface area contributed by atoms with Crippen LogP contribution in [0.1, 0.15) is 12.5 Å². The molecule has 0 fully saturated rings. The van der Waals surface area contributed by atoms with Crippen LogP contribution < -0.4 is 0 Å². The van der Waals surface area contributed by atoms with E-state index in [0.717, 1.165) is 11.3 Å². The smallest absolute Gasteiger partial charge is 0.306 e. The zero-order chi connectivity index (χ0) is 12.3. The van der Waals surface area contributed by atoms with E-state index in [2.05, 4.69) is 5.10 Å². The van der Waals surface area contributed by atoms with Crippen LogP contribution in [0.2, 0.25) is 0 Å². The Balaban J connectivity index is 2.32. The number of aliphatic carboxylic acids is 1. The van der Waals surface area contributed by atoms with Gasteiger partial charge in [0.1, 0.15) is 0 Å². The quantitative estimate of drug-likeness (QED) is 0.875. The van der Waals surface area contributed by atoms with Gasteiger partial charge in [-0.3, -0.25) is 4.79 Å². The Labute approximate surface area is 99.5 Å². The van der Waals surface area contributed by atoms with E-state index < -0.39 is 11.9 Å². The van der Waals surface area contributed by atoms with E-state index in [0.29, 0.717) is 6.42 Å². The number of aromatic nitrogens is 2. The normalized spacial score (nSPS) is 12.3. The molecule has 0 aliphatic carbocycles. The lowest BCUT2D eigenvalue weighted by atomic mass is 10.00. The molecule has 2 aromatic rings. The minimum Gasteiger partial charge on any atom is -0.481 e. The van der Waals surface area contributed by atoms with Crippen LogP contribution in [-0.2, 0) is 11.2 Å². The predicted octanol–water partition coefficient (Wildman–Crippen LogP) is 2.14. The number of hydrogen-bond acceptors (Lipinski definition) is 2. The summed E-state index contributed by atoms with van der Waals surface area (Å²) in [7, 11) is 0. The van der Waals surface area contributed by atoms with Crippen molar-refractivity contribution in [3.63, 3.8) is 0 Å². The minimum absolute atomic E-state index is 0.397. The van der Waals surface area contributed by atoms with Crippen molar-refractivity contribution in [1.82, 2.24) is 9.78 Å². The third kappa shape index (κ3) is 2.53. The molecule has 2 rings (SSSR count). The summed E-state index contributed by atoms with van der Waals surface area (Å²) in [5.41, 5.74) is 1.93. The van der Waals surface area contributed by atoms with Crippen LogP contribution in [0, 0.1) is 5.92 Å². The highest BCUT2D eigenvalue weighted by atomic mass is 16.4. The maximum absolute atomic E-state index is 10.9. The second-order valence-electron chi connectivity index (χ2n) is 4.02. The first-order valence-electron chi connectivity index (χ1n) is 5.49. The molecule has 0 amide bonds. The molecule has 1 N–H and O–H groups in total. The molecule has 88 valence electrons. The first kappa shape index (κ1) is 11.4. The number of para-hydroxylation sites is 1. The first-order chi connectivity index (χ1) is 8.18. The minimum atomic E-state index is -0.778. The highest BCUT2D eigenvalue weighted by molar-refractivity contribution is 5.70. The van der Waals surface area contributed by atoms with Crippen LogP contribution in [0.25, 0.3) is 5.69 Å². The molecule has 1 heterocycles. The van der Waals surface area contributed by atoms with Crippen molar-refractivity contribution >= 4 is 5.97 Å². The maximum Gasteiger partial charge on any atom is 0.306 e. The molecular weight excluding hydrogens is 216 g/mol. The SMILES string of the molecule is CC(Cc1ccccc1-n1cccn1)C(=O)O. The van der Waals surface area contributed by atoms with Crippen molar-refractivity contribution in [3.8, 4) is 5.69 Å². The number of nitrogens with zero attached hydrogens (tertiary/aromatic N) is 2. The van der Waals surface area contributed by atoms with Crippen LogP contribution in [0.3, 0.4) is 0 Å². The molecule has 4 heteroatoms. The Bertz CT molecular complexity index is 506. The van der Waals surface area contributed by atoms with E-state index in [1.54, 1.807) is 17.8 Å². The van der Waals surface area contributed by atoms with Gasteiger partial charge in [-0.05, 0) is 24.1 Å². The molecule has 1 atom stereocenters. The van der Waals surface area contributed by atoms with E-state index in [1.807, 2.05) is 36.5 Å². The lowest BCUT2D eigenvalue weighted by molar-refractivity contribution is -0.141. The fourth-order valence-electron chi connectivity index (χ4n) is 1.74. The number of benzene rings is 1. The summed E-state index contributed by atoms with van der Waals surface area (Å²) in [5.74, 6) is -1.17. The Morgan fingerprint density at radius 3 is 2.82 bits per heavy atom. The molecular formula is C13H14N2O2. The molecule has 1 unspecified atom stereocenters. The summed E-state index contributed by atoms with van der Waals surface area (Å²) in [6.07, 6.45) is 4.06. The van der Waals surface area contributed by atoms with E-state index in [-0.39, 0.29) is 0 Å². The number of hydrogen-bond donors (Lipinski definition) is 1. The van der Waals surface area contributed by atoms with Crippen molar-refractivity contribution in [3.05, 3.63) is 48.3 Å². The van der Waals surface area contributed by atoms with E-state index >= 15 is 0 Å². The molecule has 1 aromatic carbocycles. The monoisotopic (exact) mass is 230 g/mol. The van der Waals surface area contributed by atoms with Crippen molar-refractivity contribution < 1.29 is 9.90 Å². The second kappa shape index (κ2) is 4.82. The highest BCUT2D eigenvalue weighted by Crippen LogP contribution is 2.17. The van der Waals surface area contributed by atoms with Gasteiger partial charge in [-0.2, -0.15) is 5.10 Å². The second-order valence-corrected chi connectivity index (χ2v) is 4.02. The van der Waals surface area contributed by atoms with Gasteiger partial charge in [-0.25, -0.2) is 4.68 Å². The molecule has 0 bridgehead atoms. The van der Waals surface area contributed by atoms with Crippen LogP contribution >= 0.6 is 0 Å². The first-order valence-corrected chi connectivity index (χ1v) is 5.49. The molecule has 0 spiro atoms. The fraction of sp³-hybridized carbons (Fsp3) is 0.231. The summed E-state index contributed by atoms with van der Waals surface area (Å²) >= 11 is 0. The van der Waals surface area contributed by atoms with Gasteiger partial charge < -0.3 is 5.11 Å². The lowest BCUT2D eigenvalue weighted by Gasteiger charge is -2.11. The summed E-state index contributed by atoms with van der Waals surface area (Å²) in [4.78, 5) is 10.9. The molecule has 0 aliphatic rings. The fourth-order valence-corrected chi connectivity index (χ4v) is 1.74. The van der Waals surface area contributed by atoms with Crippen LogP contribution in [0.5, 0.6) is 0 Å². The van der Waals surface area contributed by atoms with Gasteiger partial charge in [0.15, 0.2) is 0 Å². The Kier molecular flexibility index (Phi) is 3.23. The van der Waals surface area contributed by atoms with Gasteiger partial charge in [0.05, 0.1) is 11.6 Å². The Morgan fingerprint density at radius 1 is 1.41 bits per heavy atom. The number of carbonyl (C=O) groups is 1. The van der Waals surface area contributed by atoms with Crippen LogP contribution in [-0.4, -0.2) is 20.9 Å². The third-order valence-electron chi connectivity index (χ3n) is 2.69. The molecule has 17 heavy (non-hydrogen) atoms. The lowest BCUT2D eigenvalue weighted by Crippen LogP contribution is -2.13. The van der Waals surface area contributed by atoms with Gasteiger partial charge in [-0.15, -0.1) is 0 Å². The van der Waals surface area contributed by atoms with Gasteiger partial charge in [0.2, 0.25) is 0 Å². The van der Waals surface area contributed by atoms with Crippen molar-refractivity contribution in [2.24, 2.45) is 5.92 Å². The molecule has 0 saturated carbocycles. The Hall–Kier alpha value is -2.10. The number of carboxylic acid groups (broad SMARTS) is 1. The van der Waals surface area contributed by atoms with Gasteiger partial charge in [0, 0.05) is 12.4 Å². The van der Waals surface area contributed by atoms with E-state index in [4.69, 9.17) is 5.11 Å². The molecule has 1 aromatic heterocycles. The largest absolute Gasteiger partial charge is 0.481 e. The topological polar surface area (TPSA) is 55.1 Å². The van der Waals surface area contributed by atoms with Crippen molar-refractivity contribution in [2.75, 3.05) is 0 Å². The number of rotatable bonds is 4. The van der Waals surface area contributed by atoms with Gasteiger partial charge in [-0.1, -0.05) is 25.1 Å². The average Bonchev–Trinajstić information content (AvgIpc) is 2.83. The maximum atomic E-state index is 10.9. The zero-order valence-corrected chi connectivity index (χ0v) is 9.58. The molecule has 0 saturated heterocycles. The summed E-state index contributed by atoms with van der Waals surface area (Å²) < 4.78 is 1.75. The van der Waals surface area contributed by atoms with Gasteiger partial charge in [0.25, 0.3) is 0 Å².